The minimum Gasteiger partial charge on any atom is -0.348 e. The number of fused-ring (bicyclic) bond motifs is 1. The minimum atomic E-state index is -0.158. The molecule has 0 atom stereocenters. The van der Waals surface area contributed by atoms with E-state index in [1.54, 1.807) is 0 Å². The summed E-state index contributed by atoms with van der Waals surface area (Å²) in [5, 5.41) is 10.9. The Morgan fingerprint density at radius 3 is 2.78 bits per heavy atom. The van der Waals surface area contributed by atoms with Crippen molar-refractivity contribution >= 4 is 16.8 Å². The highest BCUT2D eigenvalue weighted by Gasteiger charge is 2.16. The van der Waals surface area contributed by atoms with Crippen LogP contribution in [0.3, 0.4) is 0 Å². The van der Waals surface area contributed by atoms with Crippen LogP contribution < -0.4 is 5.32 Å². The standard InChI is InChI=1S/C21H25N5O/c1-14(2)23-21(27)20-18-10-16(5-6-19(18)24-25-20)17-9-15(11-22-12-17)13-26-7-3-4-8-26/h5-6,9-12,14H,3-4,7-8,13H2,1-2H3,(H,23,27)(H,24,25). The summed E-state index contributed by atoms with van der Waals surface area (Å²) in [6, 6.07) is 8.29. The summed E-state index contributed by atoms with van der Waals surface area (Å²) in [6.45, 7) is 7.15. The van der Waals surface area contributed by atoms with Crippen molar-refractivity contribution in [3.63, 3.8) is 0 Å². The van der Waals surface area contributed by atoms with Gasteiger partial charge in [0.25, 0.3) is 5.91 Å². The molecule has 6 heteroatoms. The topological polar surface area (TPSA) is 73.9 Å². The van der Waals surface area contributed by atoms with Crippen LogP contribution in [0, 0.1) is 0 Å². The molecule has 0 radical (unpaired) electrons. The summed E-state index contributed by atoms with van der Waals surface area (Å²) >= 11 is 0. The molecular formula is C21H25N5O. The van der Waals surface area contributed by atoms with E-state index in [9.17, 15) is 4.79 Å². The predicted octanol–water partition coefficient (Wildman–Crippen LogP) is 3.36. The number of aromatic nitrogens is 3. The lowest BCUT2D eigenvalue weighted by molar-refractivity contribution is 0.0939. The van der Waals surface area contributed by atoms with E-state index in [0.29, 0.717) is 5.69 Å². The second-order valence-electron chi connectivity index (χ2n) is 7.53. The third kappa shape index (κ3) is 3.85. The first-order valence-corrected chi connectivity index (χ1v) is 9.56. The molecule has 3 heterocycles. The van der Waals surface area contributed by atoms with Gasteiger partial charge in [-0.15, -0.1) is 0 Å². The summed E-state index contributed by atoms with van der Waals surface area (Å²) in [4.78, 5) is 19.3. The third-order valence-electron chi connectivity index (χ3n) is 4.93. The van der Waals surface area contributed by atoms with E-state index >= 15 is 0 Å². The molecule has 1 aliphatic rings. The van der Waals surface area contributed by atoms with Crippen molar-refractivity contribution in [2.75, 3.05) is 13.1 Å². The van der Waals surface area contributed by atoms with Gasteiger partial charge in [0.1, 0.15) is 0 Å². The minimum absolute atomic E-state index is 0.0684. The number of aromatic amines is 1. The zero-order valence-corrected chi connectivity index (χ0v) is 15.8. The van der Waals surface area contributed by atoms with Gasteiger partial charge < -0.3 is 5.32 Å². The number of carbonyl (C=O) groups is 1. The van der Waals surface area contributed by atoms with Gasteiger partial charge in [0.2, 0.25) is 0 Å². The van der Waals surface area contributed by atoms with E-state index in [-0.39, 0.29) is 11.9 Å². The number of nitrogens with one attached hydrogen (secondary N) is 2. The molecule has 1 aliphatic heterocycles. The Hall–Kier alpha value is -2.73. The van der Waals surface area contributed by atoms with E-state index in [1.807, 2.05) is 44.4 Å². The monoisotopic (exact) mass is 363 g/mol. The van der Waals surface area contributed by atoms with Crippen LogP contribution in [0.5, 0.6) is 0 Å². The maximum atomic E-state index is 12.4. The van der Waals surface area contributed by atoms with Crippen LogP contribution in [-0.2, 0) is 6.54 Å². The molecule has 2 aromatic heterocycles. The average molecular weight is 363 g/mol. The van der Waals surface area contributed by atoms with Crippen LogP contribution in [0.25, 0.3) is 22.0 Å². The number of pyridine rings is 1. The number of hydrogen-bond acceptors (Lipinski definition) is 4. The van der Waals surface area contributed by atoms with Crippen molar-refractivity contribution in [2.45, 2.75) is 39.3 Å². The molecule has 0 unspecified atom stereocenters. The molecule has 140 valence electrons. The number of rotatable bonds is 5. The first kappa shape index (κ1) is 17.7. The fourth-order valence-corrected chi connectivity index (χ4v) is 3.63. The summed E-state index contributed by atoms with van der Waals surface area (Å²) in [6.07, 6.45) is 6.39. The van der Waals surface area contributed by atoms with Gasteiger partial charge in [-0.25, -0.2) is 0 Å². The van der Waals surface area contributed by atoms with E-state index in [2.05, 4.69) is 31.5 Å². The van der Waals surface area contributed by atoms with Gasteiger partial charge in [-0.2, -0.15) is 5.10 Å². The summed E-state index contributed by atoms with van der Waals surface area (Å²) in [5.41, 5.74) is 4.61. The lowest BCUT2D eigenvalue weighted by atomic mass is 10.0. The number of benzene rings is 1. The molecule has 0 aliphatic carbocycles. The van der Waals surface area contributed by atoms with Crippen molar-refractivity contribution in [2.24, 2.45) is 0 Å². The van der Waals surface area contributed by atoms with Gasteiger partial charge in [0.05, 0.1) is 5.52 Å². The van der Waals surface area contributed by atoms with Crippen molar-refractivity contribution in [1.82, 2.24) is 25.4 Å². The fourth-order valence-electron chi connectivity index (χ4n) is 3.63. The van der Waals surface area contributed by atoms with E-state index < -0.39 is 0 Å². The van der Waals surface area contributed by atoms with Crippen LogP contribution in [0.15, 0.2) is 36.7 Å². The van der Waals surface area contributed by atoms with Gasteiger partial charge >= 0.3 is 0 Å². The van der Waals surface area contributed by atoms with Crippen molar-refractivity contribution < 1.29 is 4.79 Å². The zero-order valence-electron chi connectivity index (χ0n) is 15.8. The second kappa shape index (κ2) is 7.48. The molecular weight excluding hydrogens is 338 g/mol. The number of nitrogens with zero attached hydrogens (tertiary/aromatic N) is 3. The Morgan fingerprint density at radius 1 is 1.19 bits per heavy atom. The highest BCUT2D eigenvalue weighted by Crippen LogP contribution is 2.26. The molecule has 0 bridgehead atoms. The SMILES string of the molecule is CC(C)NC(=O)c1n[nH]c2ccc(-c3cncc(CN4CCCC4)c3)cc12. The second-order valence-corrected chi connectivity index (χ2v) is 7.53. The normalized spacial score (nSPS) is 14.9. The van der Waals surface area contributed by atoms with Crippen molar-refractivity contribution in [3.8, 4) is 11.1 Å². The first-order valence-electron chi connectivity index (χ1n) is 9.56. The van der Waals surface area contributed by atoms with E-state index in [0.717, 1.165) is 28.6 Å². The Labute approximate surface area is 159 Å². The lowest BCUT2D eigenvalue weighted by Gasteiger charge is -2.14. The molecule has 1 saturated heterocycles. The number of amides is 1. The maximum Gasteiger partial charge on any atom is 0.272 e. The average Bonchev–Trinajstić information content (AvgIpc) is 3.30. The van der Waals surface area contributed by atoms with Crippen LogP contribution in [0.1, 0.15) is 42.7 Å². The van der Waals surface area contributed by atoms with Gasteiger partial charge in [0, 0.05) is 35.9 Å². The highest BCUT2D eigenvalue weighted by atomic mass is 16.2. The molecule has 0 spiro atoms. The molecule has 1 aromatic carbocycles. The largest absolute Gasteiger partial charge is 0.348 e. The molecule has 6 nitrogen and oxygen atoms in total. The number of likely N-dealkylation sites (tertiary alicyclic amines) is 1. The van der Waals surface area contributed by atoms with E-state index in [1.165, 1.54) is 31.5 Å². The Morgan fingerprint density at radius 2 is 2.00 bits per heavy atom. The summed E-state index contributed by atoms with van der Waals surface area (Å²) < 4.78 is 0. The quantitative estimate of drug-likeness (QED) is 0.729. The molecule has 1 amide bonds. The Kier molecular flexibility index (Phi) is 4.90. The smallest absolute Gasteiger partial charge is 0.272 e. The number of H-pyrrole nitrogens is 1. The Bertz CT molecular complexity index is 956. The molecule has 4 rings (SSSR count). The lowest BCUT2D eigenvalue weighted by Crippen LogP contribution is -2.30. The zero-order chi connectivity index (χ0) is 18.8. The molecule has 2 N–H and O–H groups in total. The van der Waals surface area contributed by atoms with Crippen molar-refractivity contribution in [1.29, 1.82) is 0 Å². The predicted molar refractivity (Wildman–Crippen MR) is 106 cm³/mol. The molecule has 27 heavy (non-hydrogen) atoms. The molecule has 1 fully saturated rings. The maximum absolute atomic E-state index is 12.4. The summed E-state index contributed by atoms with van der Waals surface area (Å²) in [5.74, 6) is -0.158. The van der Waals surface area contributed by atoms with Crippen LogP contribution >= 0.6 is 0 Å². The number of carbonyl (C=O) groups excluding carboxylic acids is 1. The molecule has 3 aromatic rings. The molecule has 0 saturated carbocycles. The van der Waals surface area contributed by atoms with Crippen LogP contribution in [0.2, 0.25) is 0 Å². The van der Waals surface area contributed by atoms with Gasteiger partial charge in [-0.1, -0.05) is 6.07 Å². The van der Waals surface area contributed by atoms with E-state index in [4.69, 9.17) is 0 Å². The van der Waals surface area contributed by atoms with Crippen molar-refractivity contribution in [3.05, 3.63) is 47.9 Å². The first-order chi connectivity index (χ1) is 13.1. The van der Waals surface area contributed by atoms with Gasteiger partial charge in [-0.05, 0) is 69.1 Å². The van der Waals surface area contributed by atoms with Crippen LogP contribution in [-0.4, -0.2) is 45.1 Å². The summed E-state index contributed by atoms with van der Waals surface area (Å²) in [7, 11) is 0. The highest BCUT2D eigenvalue weighted by molar-refractivity contribution is 6.05. The van der Waals surface area contributed by atoms with Gasteiger partial charge in [0.15, 0.2) is 5.69 Å². The fraction of sp³-hybridized carbons (Fsp3) is 0.381. The Balaban J connectivity index is 1.64. The van der Waals surface area contributed by atoms with Crippen LogP contribution in [0.4, 0.5) is 0 Å². The van der Waals surface area contributed by atoms with Gasteiger partial charge in [-0.3, -0.25) is 19.8 Å². The third-order valence-corrected chi connectivity index (χ3v) is 4.93. The number of hydrogen-bond donors (Lipinski definition) is 2.